The van der Waals surface area contributed by atoms with Gasteiger partial charge in [-0.25, -0.2) is 0 Å². The topological polar surface area (TPSA) is 85.6 Å². The van der Waals surface area contributed by atoms with Crippen molar-refractivity contribution in [3.05, 3.63) is 47.0 Å². The first-order valence-electron chi connectivity index (χ1n) is 9.66. The molecular weight excluding hydrogens is 366 g/mol. The fourth-order valence-corrected chi connectivity index (χ4v) is 3.84. The van der Waals surface area contributed by atoms with Crippen LogP contribution in [-0.4, -0.2) is 42.9 Å². The Hall–Kier alpha value is -3.39. The number of H-pyrrole nitrogens is 1. The van der Waals surface area contributed by atoms with E-state index in [4.69, 9.17) is 4.74 Å². The molecular formula is C21H23N7O. The number of hydrogen-bond donors (Lipinski definition) is 2. The summed E-state index contributed by atoms with van der Waals surface area (Å²) in [6, 6.07) is 6.25. The highest BCUT2D eigenvalue weighted by atomic mass is 16.5. The highest BCUT2D eigenvalue weighted by Gasteiger charge is 2.15. The molecule has 2 bridgehead atoms. The molecule has 8 nitrogen and oxygen atoms in total. The van der Waals surface area contributed by atoms with Gasteiger partial charge in [0, 0.05) is 44.3 Å². The first kappa shape index (κ1) is 17.7. The van der Waals surface area contributed by atoms with E-state index >= 15 is 0 Å². The molecule has 0 unspecified atom stereocenters. The minimum Gasteiger partial charge on any atom is -0.475 e. The summed E-state index contributed by atoms with van der Waals surface area (Å²) in [6.07, 6.45) is 6.15. The molecule has 0 spiro atoms. The van der Waals surface area contributed by atoms with E-state index in [2.05, 4.69) is 50.0 Å². The van der Waals surface area contributed by atoms with Gasteiger partial charge in [0.05, 0.1) is 28.2 Å². The lowest BCUT2D eigenvalue weighted by molar-refractivity contribution is 0.299. The van der Waals surface area contributed by atoms with E-state index in [9.17, 15) is 0 Å². The van der Waals surface area contributed by atoms with Gasteiger partial charge in [-0.2, -0.15) is 10.2 Å². The molecule has 0 saturated carbocycles. The second kappa shape index (κ2) is 6.89. The average Bonchev–Trinajstić information content (AvgIpc) is 3.35. The molecule has 3 aromatic heterocycles. The van der Waals surface area contributed by atoms with E-state index in [0.717, 1.165) is 44.7 Å². The average molecular weight is 389 g/mol. The van der Waals surface area contributed by atoms with E-state index in [1.807, 2.05) is 38.0 Å². The molecule has 2 N–H and O–H groups in total. The Morgan fingerprint density at radius 2 is 2.03 bits per heavy atom. The van der Waals surface area contributed by atoms with Crippen molar-refractivity contribution in [2.24, 2.45) is 14.1 Å². The van der Waals surface area contributed by atoms with Crippen LogP contribution in [0.15, 0.2) is 24.4 Å². The Kier molecular flexibility index (Phi) is 4.21. The van der Waals surface area contributed by atoms with Gasteiger partial charge in [0.15, 0.2) is 0 Å². The molecule has 8 heteroatoms. The largest absolute Gasteiger partial charge is 0.475 e. The number of aromatic amines is 1. The summed E-state index contributed by atoms with van der Waals surface area (Å²) in [6.45, 7) is 3.98. The quantitative estimate of drug-likeness (QED) is 0.483. The first-order valence-corrected chi connectivity index (χ1v) is 9.66. The van der Waals surface area contributed by atoms with Gasteiger partial charge in [0.25, 0.3) is 0 Å². The van der Waals surface area contributed by atoms with Crippen LogP contribution in [0.2, 0.25) is 0 Å². The normalized spacial score (nSPS) is 15.4. The molecule has 29 heavy (non-hydrogen) atoms. The lowest BCUT2D eigenvalue weighted by Crippen LogP contribution is -2.22. The monoisotopic (exact) mass is 389 g/mol. The summed E-state index contributed by atoms with van der Waals surface area (Å²) in [5.41, 5.74) is 7.17. The molecule has 1 aromatic carbocycles. The summed E-state index contributed by atoms with van der Waals surface area (Å²) in [5, 5.41) is 21.2. The maximum Gasteiger partial charge on any atom is 0.240 e. The minimum absolute atomic E-state index is 0.533. The zero-order valence-corrected chi connectivity index (χ0v) is 16.7. The van der Waals surface area contributed by atoms with Crippen LogP contribution in [0, 0.1) is 6.92 Å². The summed E-state index contributed by atoms with van der Waals surface area (Å²) < 4.78 is 9.71. The smallest absolute Gasteiger partial charge is 0.240 e. The second-order valence-electron chi connectivity index (χ2n) is 7.32. The molecule has 5 rings (SSSR count). The summed E-state index contributed by atoms with van der Waals surface area (Å²) in [4.78, 5) is 0. The third-order valence-electron chi connectivity index (χ3n) is 5.31. The molecule has 0 fully saturated rings. The Balaban J connectivity index is 1.67. The summed E-state index contributed by atoms with van der Waals surface area (Å²) in [7, 11) is 3.88. The zero-order valence-electron chi connectivity index (χ0n) is 16.7. The molecule has 0 aliphatic carbocycles. The van der Waals surface area contributed by atoms with E-state index in [-0.39, 0.29) is 0 Å². The third-order valence-corrected chi connectivity index (χ3v) is 5.31. The summed E-state index contributed by atoms with van der Waals surface area (Å²) >= 11 is 0. The lowest BCUT2D eigenvalue weighted by Gasteiger charge is -2.08. The van der Waals surface area contributed by atoms with Gasteiger partial charge in [0.2, 0.25) is 5.88 Å². The van der Waals surface area contributed by atoms with Gasteiger partial charge in [0.1, 0.15) is 6.61 Å². The van der Waals surface area contributed by atoms with Crippen molar-refractivity contribution in [1.82, 2.24) is 35.1 Å². The highest BCUT2D eigenvalue weighted by Crippen LogP contribution is 2.32. The molecule has 4 heterocycles. The van der Waals surface area contributed by atoms with E-state index in [1.54, 1.807) is 4.68 Å². The molecule has 1 aliphatic rings. The van der Waals surface area contributed by atoms with Crippen molar-refractivity contribution >= 4 is 23.1 Å². The fourth-order valence-electron chi connectivity index (χ4n) is 3.84. The Morgan fingerprint density at radius 1 is 1.14 bits per heavy atom. The van der Waals surface area contributed by atoms with Crippen LogP contribution in [0.1, 0.15) is 22.6 Å². The minimum atomic E-state index is 0.533. The number of nitrogens with one attached hydrogen (secondary N) is 2. The number of fused-ring (bicyclic) bond motifs is 4. The zero-order chi connectivity index (χ0) is 20.0. The number of rotatable bonds is 0. The maximum absolute atomic E-state index is 6.00. The Bertz CT molecular complexity index is 1230. The van der Waals surface area contributed by atoms with Crippen molar-refractivity contribution in [2.45, 2.75) is 13.5 Å². The second-order valence-corrected chi connectivity index (χ2v) is 7.32. The van der Waals surface area contributed by atoms with Gasteiger partial charge >= 0.3 is 0 Å². The predicted molar refractivity (Wildman–Crippen MR) is 112 cm³/mol. The van der Waals surface area contributed by atoms with Crippen molar-refractivity contribution in [3.8, 4) is 17.0 Å². The molecule has 0 radical (unpaired) electrons. The van der Waals surface area contributed by atoms with Gasteiger partial charge in [-0.05, 0) is 36.8 Å². The van der Waals surface area contributed by atoms with Crippen LogP contribution in [0.5, 0.6) is 5.88 Å². The van der Waals surface area contributed by atoms with Crippen LogP contribution < -0.4 is 10.1 Å². The van der Waals surface area contributed by atoms with Crippen LogP contribution in [0.25, 0.3) is 34.2 Å². The van der Waals surface area contributed by atoms with Crippen molar-refractivity contribution in [3.63, 3.8) is 0 Å². The fraction of sp³-hybridized carbons (Fsp3) is 0.286. The van der Waals surface area contributed by atoms with Gasteiger partial charge < -0.3 is 10.1 Å². The summed E-state index contributed by atoms with van der Waals surface area (Å²) in [5.74, 6) is 0.640. The molecule has 148 valence electrons. The third kappa shape index (κ3) is 3.11. The molecule has 0 saturated heterocycles. The lowest BCUT2D eigenvalue weighted by atomic mass is 10.0. The molecule has 4 aromatic rings. The Morgan fingerprint density at radius 3 is 2.93 bits per heavy atom. The molecule has 0 amide bonds. The molecule has 0 atom stereocenters. The van der Waals surface area contributed by atoms with Gasteiger partial charge in [-0.1, -0.05) is 6.07 Å². The van der Waals surface area contributed by atoms with E-state index < -0.39 is 0 Å². The number of hydrogen-bond acceptors (Lipinski definition) is 5. The van der Waals surface area contributed by atoms with Crippen molar-refractivity contribution < 1.29 is 4.74 Å². The van der Waals surface area contributed by atoms with Crippen LogP contribution in [-0.2, 0) is 20.6 Å². The SMILES string of the molecule is Cc1nn(C)c2c1/C=C/c1n[nH]c3ccc(cc13)-c1cn(C)nc1OCCNC2. The predicted octanol–water partition coefficient (Wildman–Crippen LogP) is 2.66. The van der Waals surface area contributed by atoms with Crippen LogP contribution in [0.4, 0.5) is 0 Å². The van der Waals surface area contributed by atoms with Crippen LogP contribution >= 0.6 is 0 Å². The highest BCUT2D eigenvalue weighted by molar-refractivity contribution is 5.93. The van der Waals surface area contributed by atoms with Crippen molar-refractivity contribution in [2.75, 3.05) is 13.2 Å². The van der Waals surface area contributed by atoms with E-state index in [0.29, 0.717) is 25.6 Å². The molecule has 1 aliphatic heterocycles. The number of nitrogens with zero attached hydrogens (tertiary/aromatic N) is 5. The number of ether oxygens (including phenoxy) is 1. The number of aryl methyl sites for hydroxylation is 3. The number of benzene rings is 1. The van der Waals surface area contributed by atoms with Crippen LogP contribution in [0.3, 0.4) is 0 Å². The van der Waals surface area contributed by atoms with Crippen molar-refractivity contribution in [1.29, 1.82) is 0 Å². The van der Waals surface area contributed by atoms with E-state index in [1.165, 1.54) is 0 Å². The van der Waals surface area contributed by atoms with Gasteiger partial charge in [-0.15, -0.1) is 5.10 Å². The Labute approximate surface area is 168 Å². The van der Waals surface area contributed by atoms with Gasteiger partial charge in [-0.3, -0.25) is 14.5 Å². The number of aromatic nitrogens is 6. The maximum atomic E-state index is 6.00. The standard InChI is InChI=1S/C21H23N7O/c1-13-15-5-7-19-16-10-14(4-6-18(16)23-24-19)17-12-27(2)26-21(17)29-9-8-22-11-20(15)28(3)25-13/h4-7,10,12,22H,8-9,11H2,1-3H3,(H,23,24)/b7-5+. The first-order chi connectivity index (χ1) is 14.1.